The van der Waals surface area contributed by atoms with Crippen LogP contribution >= 0.6 is 0 Å². The zero-order valence-electron chi connectivity index (χ0n) is 25.8. The number of alkyl carbamates (subject to hydrolysis) is 1. The number of amides is 3. The smallest absolute Gasteiger partial charge is 0.408 e. The van der Waals surface area contributed by atoms with Crippen molar-refractivity contribution >= 4 is 23.6 Å². The van der Waals surface area contributed by atoms with Crippen molar-refractivity contribution in [3.05, 3.63) is 59.2 Å². The lowest BCUT2D eigenvalue weighted by atomic mass is 9.93. The molecular formula is C32H47N3O5. The van der Waals surface area contributed by atoms with Gasteiger partial charge in [0.05, 0.1) is 7.11 Å². The van der Waals surface area contributed by atoms with E-state index in [1.54, 1.807) is 57.0 Å². The summed E-state index contributed by atoms with van der Waals surface area (Å²) in [5.74, 6) is 0.109. The summed E-state index contributed by atoms with van der Waals surface area (Å²) in [6.07, 6.45) is 0.343. The normalized spacial score (nSPS) is 13.7. The van der Waals surface area contributed by atoms with Crippen LogP contribution in [0, 0.1) is 19.8 Å². The second-order valence-corrected chi connectivity index (χ2v) is 11.7. The van der Waals surface area contributed by atoms with Crippen molar-refractivity contribution in [2.75, 3.05) is 12.4 Å². The van der Waals surface area contributed by atoms with E-state index in [4.69, 9.17) is 9.47 Å². The lowest BCUT2D eigenvalue weighted by Crippen LogP contribution is -2.55. The molecule has 0 fully saturated rings. The molecule has 220 valence electrons. The molecule has 0 saturated carbocycles. The molecule has 0 heterocycles. The fraction of sp³-hybridized carbons (Fsp3) is 0.531. The number of benzene rings is 2. The molecule has 0 bridgehead atoms. The zero-order valence-corrected chi connectivity index (χ0v) is 25.8. The molecule has 3 unspecified atom stereocenters. The van der Waals surface area contributed by atoms with Gasteiger partial charge in [-0.3, -0.25) is 9.59 Å². The van der Waals surface area contributed by atoms with Gasteiger partial charge in [-0.15, -0.1) is 0 Å². The Morgan fingerprint density at radius 1 is 0.975 bits per heavy atom. The highest BCUT2D eigenvalue weighted by molar-refractivity contribution is 5.99. The molecule has 2 N–H and O–H groups in total. The number of methoxy groups -OCH3 is 1. The van der Waals surface area contributed by atoms with Gasteiger partial charge in [0, 0.05) is 11.7 Å². The quantitative estimate of drug-likeness (QED) is 0.329. The van der Waals surface area contributed by atoms with Gasteiger partial charge in [-0.25, -0.2) is 4.79 Å². The first-order valence-corrected chi connectivity index (χ1v) is 14.0. The molecule has 0 aliphatic rings. The maximum Gasteiger partial charge on any atom is 0.408 e. The molecule has 0 saturated heterocycles. The van der Waals surface area contributed by atoms with Crippen LogP contribution < -0.4 is 15.4 Å². The fourth-order valence-electron chi connectivity index (χ4n) is 4.49. The summed E-state index contributed by atoms with van der Waals surface area (Å²) in [5.41, 5.74) is 2.55. The highest BCUT2D eigenvalue weighted by Crippen LogP contribution is 2.31. The van der Waals surface area contributed by atoms with Gasteiger partial charge in [-0.2, -0.15) is 0 Å². The summed E-state index contributed by atoms with van der Waals surface area (Å²) in [7, 11) is 1.58. The molecule has 0 spiro atoms. The number of nitrogens with zero attached hydrogens (tertiary/aromatic N) is 1. The summed E-state index contributed by atoms with van der Waals surface area (Å²) in [6, 6.07) is 10.7. The molecule has 0 aliphatic carbocycles. The van der Waals surface area contributed by atoms with Crippen LogP contribution in [-0.4, -0.2) is 47.6 Å². The van der Waals surface area contributed by atoms with Gasteiger partial charge in [0.15, 0.2) is 0 Å². The van der Waals surface area contributed by atoms with Gasteiger partial charge < -0.3 is 25.0 Å². The van der Waals surface area contributed by atoms with Gasteiger partial charge in [0.1, 0.15) is 23.4 Å². The number of hydrogen-bond donors (Lipinski definition) is 2. The number of ether oxygens (including phenoxy) is 2. The first kappa shape index (κ1) is 32.7. The van der Waals surface area contributed by atoms with E-state index in [1.807, 2.05) is 59.7 Å². The summed E-state index contributed by atoms with van der Waals surface area (Å²) < 4.78 is 10.7. The average Bonchev–Trinajstić information content (AvgIpc) is 2.87. The monoisotopic (exact) mass is 553 g/mol. The number of hydrogen-bond acceptors (Lipinski definition) is 5. The Morgan fingerprint density at radius 3 is 2.12 bits per heavy atom. The van der Waals surface area contributed by atoms with Crippen molar-refractivity contribution in [2.24, 2.45) is 5.92 Å². The minimum Gasteiger partial charge on any atom is -0.497 e. The van der Waals surface area contributed by atoms with E-state index in [0.717, 1.165) is 16.7 Å². The molecule has 3 amide bonds. The minimum absolute atomic E-state index is 0.106. The number of rotatable bonds is 11. The third-order valence-electron chi connectivity index (χ3n) is 6.84. The van der Waals surface area contributed by atoms with Crippen LogP contribution in [0.1, 0.15) is 84.0 Å². The van der Waals surface area contributed by atoms with Gasteiger partial charge in [0.25, 0.3) is 5.91 Å². The third kappa shape index (κ3) is 9.00. The Labute approximate surface area is 239 Å². The lowest BCUT2D eigenvalue weighted by molar-refractivity contribution is -0.143. The first-order valence-electron chi connectivity index (χ1n) is 14.0. The number of aryl methyl sites for hydroxylation is 1. The van der Waals surface area contributed by atoms with Crippen molar-refractivity contribution in [3.63, 3.8) is 0 Å². The van der Waals surface area contributed by atoms with E-state index in [9.17, 15) is 14.4 Å². The summed E-state index contributed by atoms with van der Waals surface area (Å²) in [5, 5.41) is 5.80. The highest BCUT2D eigenvalue weighted by Gasteiger charge is 2.39. The van der Waals surface area contributed by atoms with Crippen LogP contribution in [-0.2, 0) is 14.3 Å². The summed E-state index contributed by atoms with van der Waals surface area (Å²) in [6.45, 7) is 17.2. The molecular weight excluding hydrogens is 506 g/mol. The minimum atomic E-state index is -0.931. The Balaban J connectivity index is 2.61. The van der Waals surface area contributed by atoms with E-state index < -0.39 is 23.8 Å². The second kappa shape index (κ2) is 14.2. The summed E-state index contributed by atoms with van der Waals surface area (Å²) >= 11 is 0. The SMILES string of the molecule is CCC(C)N(C(=O)C(CC(C)C)NC(=O)OC(C)(C)C)C(C(=O)Nc1ccc(OC)cc1)c1cccc(C)c1C. The lowest BCUT2D eigenvalue weighted by Gasteiger charge is -2.39. The predicted molar refractivity (Wildman–Crippen MR) is 159 cm³/mol. The predicted octanol–water partition coefficient (Wildman–Crippen LogP) is 6.56. The van der Waals surface area contributed by atoms with Crippen LogP contribution in [0.15, 0.2) is 42.5 Å². The fourth-order valence-corrected chi connectivity index (χ4v) is 4.49. The van der Waals surface area contributed by atoms with Gasteiger partial charge >= 0.3 is 6.09 Å². The highest BCUT2D eigenvalue weighted by atomic mass is 16.6. The molecule has 40 heavy (non-hydrogen) atoms. The van der Waals surface area contributed by atoms with Crippen LogP contribution in [0.2, 0.25) is 0 Å². The number of carbonyl (C=O) groups excluding carboxylic acids is 3. The Hall–Kier alpha value is -3.55. The molecule has 8 nitrogen and oxygen atoms in total. The first-order chi connectivity index (χ1) is 18.7. The van der Waals surface area contributed by atoms with Crippen molar-refractivity contribution in [3.8, 4) is 5.75 Å². The molecule has 3 atom stereocenters. The average molecular weight is 554 g/mol. The molecule has 2 aromatic carbocycles. The maximum atomic E-state index is 14.4. The third-order valence-corrected chi connectivity index (χ3v) is 6.84. The Morgan fingerprint density at radius 2 is 1.60 bits per heavy atom. The van der Waals surface area contributed by atoms with E-state index in [1.165, 1.54) is 0 Å². The maximum absolute atomic E-state index is 14.4. The van der Waals surface area contributed by atoms with Crippen LogP contribution in [0.3, 0.4) is 0 Å². The van der Waals surface area contributed by atoms with Crippen molar-refractivity contribution in [1.29, 1.82) is 0 Å². The molecule has 8 heteroatoms. The largest absolute Gasteiger partial charge is 0.497 e. The topological polar surface area (TPSA) is 97.0 Å². The van der Waals surface area contributed by atoms with Crippen LogP contribution in [0.5, 0.6) is 5.75 Å². The molecule has 0 aromatic heterocycles. The van der Waals surface area contributed by atoms with Gasteiger partial charge in [0.2, 0.25) is 5.91 Å². The number of carbonyl (C=O) groups is 3. The molecule has 0 aliphatic heterocycles. The van der Waals surface area contributed by atoms with E-state index in [2.05, 4.69) is 10.6 Å². The van der Waals surface area contributed by atoms with Crippen LogP contribution in [0.25, 0.3) is 0 Å². The van der Waals surface area contributed by atoms with Gasteiger partial charge in [-0.05, 0) is 101 Å². The molecule has 2 aromatic rings. The Bertz CT molecular complexity index is 1150. The van der Waals surface area contributed by atoms with Crippen LogP contribution in [0.4, 0.5) is 10.5 Å². The number of anilines is 1. The van der Waals surface area contributed by atoms with E-state index >= 15 is 0 Å². The van der Waals surface area contributed by atoms with E-state index in [0.29, 0.717) is 24.3 Å². The molecule has 2 rings (SSSR count). The van der Waals surface area contributed by atoms with Gasteiger partial charge in [-0.1, -0.05) is 39.0 Å². The summed E-state index contributed by atoms with van der Waals surface area (Å²) in [4.78, 5) is 42.9. The van der Waals surface area contributed by atoms with Crippen molar-refractivity contribution in [1.82, 2.24) is 10.2 Å². The van der Waals surface area contributed by atoms with Crippen molar-refractivity contribution in [2.45, 2.75) is 98.9 Å². The molecule has 0 radical (unpaired) electrons. The zero-order chi connectivity index (χ0) is 30.2. The second-order valence-electron chi connectivity index (χ2n) is 11.7. The number of nitrogens with one attached hydrogen (secondary N) is 2. The standard InChI is InChI=1S/C32H47N3O5/c1-11-22(5)35(30(37)27(19-20(2)3)34-31(38)40-32(7,8)9)28(26-14-12-13-21(4)23(26)6)29(36)33-24-15-17-25(39-10)18-16-24/h12-18,20,22,27-28H,11,19H2,1-10H3,(H,33,36)(H,34,38). The van der Waals surface area contributed by atoms with E-state index in [-0.39, 0.29) is 23.8 Å². The van der Waals surface area contributed by atoms with Crippen molar-refractivity contribution < 1.29 is 23.9 Å². The Kier molecular flexibility index (Phi) is 11.6.